The van der Waals surface area contributed by atoms with Crippen molar-refractivity contribution >= 4 is 28.6 Å². The maximum atomic E-state index is 12.3. The molecule has 22 heavy (non-hydrogen) atoms. The number of nitrogens with one attached hydrogen (secondary N) is 1. The Bertz CT molecular complexity index is 716. The number of fused-ring (bicyclic) bond motifs is 1. The zero-order chi connectivity index (χ0) is 15.5. The van der Waals surface area contributed by atoms with Crippen LogP contribution in [0.1, 0.15) is 46.1 Å². The molecule has 3 rings (SSSR count). The molecule has 0 atom stereocenters. The molecule has 0 unspecified atom stereocenters. The second kappa shape index (κ2) is 6.32. The van der Waals surface area contributed by atoms with Gasteiger partial charge in [-0.3, -0.25) is 4.79 Å². The number of nitrogens with two attached hydrogens (primary N) is 1. The molecule has 0 spiro atoms. The molecule has 1 aliphatic rings. The molecule has 0 aliphatic heterocycles. The minimum Gasteiger partial charge on any atom is -0.399 e. The SMILES string of the molecule is C/C(=N/NC(=O)c1csc2c1CCCC2)c1ccc(N)cc1. The molecule has 0 bridgehead atoms. The van der Waals surface area contributed by atoms with Crippen LogP contribution in [0.3, 0.4) is 0 Å². The largest absolute Gasteiger partial charge is 0.399 e. The minimum absolute atomic E-state index is 0.116. The molecule has 0 saturated carbocycles. The van der Waals surface area contributed by atoms with Crippen LogP contribution in [-0.4, -0.2) is 11.6 Å². The van der Waals surface area contributed by atoms with Crippen molar-refractivity contribution in [2.45, 2.75) is 32.6 Å². The number of aryl methyl sites for hydroxylation is 1. The van der Waals surface area contributed by atoms with Crippen molar-refractivity contribution in [1.29, 1.82) is 0 Å². The minimum atomic E-state index is -0.116. The van der Waals surface area contributed by atoms with Gasteiger partial charge in [0, 0.05) is 15.9 Å². The number of anilines is 1. The third kappa shape index (κ3) is 3.04. The van der Waals surface area contributed by atoms with E-state index in [1.165, 1.54) is 16.9 Å². The number of hydrogen-bond donors (Lipinski definition) is 2. The summed E-state index contributed by atoms with van der Waals surface area (Å²) in [6, 6.07) is 7.44. The highest BCUT2D eigenvalue weighted by atomic mass is 32.1. The zero-order valence-electron chi connectivity index (χ0n) is 12.6. The Morgan fingerprint density at radius 3 is 2.73 bits per heavy atom. The van der Waals surface area contributed by atoms with E-state index in [0.717, 1.165) is 36.1 Å². The average Bonchev–Trinajstić information content (AvgIpc) is 2.97. The zero-order valence-corrected chi connectivity index (χ0v) is 13.4. The highest BCUT2D eigenvalue weighted by Crippen LogP contribution is 2.30. The summed E-state index contributed by atoms with van der Waals surface area (Å²) >= 11 is 1.69. The number of carbonyl (C=O) groups excluding carboxylic acids is 1. The van der Waals surface area contributed by atoms with Gasteiger partial charge in [0.1, 0.15) is 0 Å². The fourth-order valence-electron chi connectivity index (χ4n) is 2.67. The van der Waals surface area contributed by atoms with Crippen molar-refractivity contribution in [3.63, 3.8) is 0 Å². The third-order valence-corrected chi connectivity index (χ3v) is 5.05. The van der Waals surface area contributed by atoms with E-state index >= 15 is 0 Å². The predicted octanol–water partition coefficient (Wildman–Crippen LogP) is 3.36. The van der Waals surface area contributed by atoms with Crippen LogP contribution >= 0.6 is 11.3 Å². The molecule has 0 fully saturated rings. The Labute approximate surface area is 134 Å². The fraction of sp³-hybridized carbons (Fsp3) is 0.294. The first-order valence-corrected chi connectivity index (χ1v) is 8.33. The van der Waals surface area contributed by atoms with Crippen molar-refractivity contribution in [1.82, 2.24) is 5.43 Å². The summed E-state index contributed by atoms with van der Waals surface area (Å²) in [6.07, 6.45) is 4.49. The second-order valence-electron chi connectivity index (χ2n) is 5.52. The Balaban J connectivity index is 1.73. The summed E-state index contributed by atoms with van der Waals surface area (Å²) in [7, 11) is 0. The van der Waals surface area contributed by atoms with Gasteiger partial charge in [-0.15, -0.1) is 11.3 Å². The summed E-state index contributed by atoms with van der Waals surface area (Å²) in [4.78, 5) is 13.7. The molecule has 5 heteroatoms. The van der Waals surface area contributed by atoms with Gasteiger partial charge >= 0.3 is 0 Å². The topological polar surface area (TPSA) is 67.5 Å². The second-order valence-corrected chi connectivity index (χ2v) is 6.48. The number of rotatable bonds is 3. The smallest absolute Gasteiger partial charge is 0.272 e. The van der Waals surface area contributed by atoms with Gasteiger partial charge in [0.05, 0.1) is 11.3 Å². The van der Waals surface area contributed by atoms with Crippen LogP contribution < -0.4 is 11.2 Å². The first-order valence-electron chi connectivity index (χ1n) is 7.45. The quantitative estimate of drug-likeness (QED) is 0.518. The van der Waals surface area contributed by atoms with E-state index in [2.05, 4.69) is 10.5 Å². The molecule has 114 valence electrons. The van der Waals surface area contributed by atoms with Gasteiger partial charge in [-0.2, -0.15) is 5.10 Å². The molecule has 0 saturated heterocycles. The van der Waals surface area contributed by atoms with Crippen molar-refractivity contribution in [2.75, 3.05) is 5.73 Å². The van der Waals surface area contributed by atoms with Crippen molar-refractivity contribution < 1.29 is 4.79 Å². The molecule has 1 aliphatic carbocycles. The van der Waals surface area contributed by atoms with E-state index in [0.29, 0.717) is 5.69 Å². The van der Waals surface area contributed by atoms with Crippen LogP contribution in [0.25, 0.3) is 0 Å². The number of thiophene rings is 1. The van der Waals surface area contributed by atoms with E-state index in [1.54, 1.807) is 11.3 Å². The van der Waals surface area contributed by atoms with Gasteiger partial charge < -0.3 is 5.73 Å². The lowest BCUT2D eigenvalue weighted by Crippen LogP contribution is -2.20. The highest BCUT2D eigenvalue weighted by Gasteiger charge is 2.19. The molecule has 1 heterocycles. The van der Waals surface area contributed by atoms with Crippen LogP contribution in [0, 0.1) is 0 Å². The van der Waals surface area contributed by atoms with Crippen LogP contribution in [0.5, 0.6) is 0 Å². The molecular weight excluding hydrogens is 294 g/mol. The average molecular weight is 313 g/mol. The Morgan fingerprint density at radius 2 is 1.95 bits per heavy atom. The van der Waals surface area contributed by atoms with E-state index in [1.807, 2.05) is 36.6 Å². The first kappa shape index (κ1) is 14.8. The van der Waals surface area contributed by atoms with E-state index in [-0.39, 0.29) is 5.91 Å². The van der Waals surface area contributed by atoms with Crippen molar-refractivity contribution in [2.24, 2.45) is 5.10 Å². The van der Waals surface area contributed by atoms with Crippen molar-refractivity contribution in [3.8, 4) is 0 Å². The van der Waals surface area contributed by atoms with E-state index < -0.39 is 0 Å². The van der Waals surface area contributed by atoms with Gasteiger partial charge in [-0.25, -0.2) is 5.43 Å². The first-order chi connectivity index (χ1) is 10.6. The molecule has 1 aromatic carbocycles. The summed E-state index contributed by atoms with van der Waals surface area (Å²) in [6.45, 7) is 1.87. The van der Waals surface area contributed by atoms with Gasteiger partial charge in [0.25, 0.3) is 5.91 Å². The van der Waals surface area contributed by atoms with Crippen molar-refractivity contribution in [3.05, 3.63) is 51.2 Å². The van der Waals surface area contributed by atoms with Gasteiger partial charge in [0.15, 0.2) is 0 Å². The normalized spacial score (nSPS) is 14.5. The van der Waals surface area contributed by atoms with Crippen LogP contribution in [-0.2, 0) is 12.8 Å². The predicted molar refractivity (Wildman–Crippen MR) is 91.5 cm³/mol. The lowest BCUT2D eigenvalue weighted by Gasteiger charge is -2.12. The molecule has 0 radical (unpaired) electrons. The molecule has 2 aromatic rings. The third-order valence-electron chi connectivity index (χ3n) is 3.96. The number of nitrogen functional groups attached to an aromatic ring is 1. The number of benzene rings is 1. The van der Waals surface area contributed by atoms with Crippen LogP contribution in [0.4, 0.5) is 5.69 Å². The van der Waals surface area contributed by atoms with Crippen LogP contribution in [0.15, 0.2) is 34.7 Å². The molecular formula is C17H19N3OS. The lowest BCUT2D eigenvalue weighted by atomic mass is 9.96. The number of hydrogen-bond acceptors (Lipinski definition) is 4. The van der Waals surface area contributed by atoms with Crippen LogP contribution in [0.2, 0.25) is 0 Å². The van der Waals surface area contributed by atoms with Gasteiger partial charge in [0.2, 0.25) is 0 Å². The molecule has 1 aromatic heterocycles. The summed E-state index contributed by atoms with van der Waals surface area (Å²) < 4.78 is 0. The van der Waals surface area contributed by atoms with E-state index in [4.69, 9.17) is 5.73 Å². The maximum Gasteiger partial charge on any atom is 0.272 e. The maximum absolute atomic E-state index is 12.3. The fourth-order valence-corrected chi connectivity index (χ4v) is 3.79. The lowest BCUT2D eigenvalue weighted by molar-refractivity contribution is 0.0954. The van der Waals surface area contributed by atoms with E-state index in [9.17, 15) is 4.79 Å². The number of carbonyl (C=O) groups is 1. The Kier molecular flexibility index (Phi) is 4.24. The Morgan fingerprint density at radius 1 is 1.23 bits per heavy atom. The standard InChI is InChI=1S/C17H19N3OS/c1-11(12-6-8-13(18)9-7-12)19-20-17(21)15-10-22-16-5-3-2-4-14(15)16/h6-10H,2-5,18H2,1H3,(H,20,21)/b19-11-. The Hall–Kier alpha value is -2.14. The number of hydrazone groups is 1. The molecule has 4 nitrogen and oxygen atoms in total. The monoisotopic (exact) mass is 313 g/mol. The molecule has 3 N–H and O–H groups in total. The summed E-state index contributed by atoms with van der Waals surface area (Å²) in [5.74, 6) is -0.116. The number of nitrogens with zero attached hydrogens (tertiary/aromatic N) is 1. The summed E-state index contributed by atoms with van der Waals surface area (Å²) in [5, 5.41) is 6.17. The molecule has 1 amide bonds. The van der Waals surface area contributed by atoms with Gasteiger partial charge in [-0.1, -0.05) is 12.1 Å². The van der Waals surface area contributed by atoms with Gasteiger partial charge in [-0.05, 0) is 55.9 Å². The summed E-state index contributed by atoms with van der Waals surface area (Å²) in [5.41, 5.74) is 12.8. The number of amides is 1. The highest BCUT2D eigenvalue weighted by molar-refractivity contribution is 7.10.